The molecule has 376 valence electrons. The van der Waals surface area contributed by atoms with Crippen LogP contribution in [0.4, 0.5) is 11.9 Å². The Morgan fingerprint density at radius 2 is 1.03 bits per heavy atom. The van der Waals surface area contributed by atoms with Gasteiger partial charge in [-0.2, -0.15) is 0 Å². The van der Waals surface area contributed by atoms with E-state index in [1.807, 2.05) is 12.1 Å². The van der Waals surface area contributed by atoms with Crippen molar-refractivity contribution in [3.8, 4) is 23.3 Å². The molecular formula is C50H54N10O10S2. The number of carbonyl (C=O) groups is 6. The fourth-order valence-corrected chi connectivity index (χ4v) is 8.01. The second kappa shape index (κ2) is 27.1. The van der Waals surface area contributed by atoms with Crippen LogP contribution in [0.2, 0.25) is 0 Å². The van der Waals surface area contributed by atoms with Crippen LogP contribution in [0.1, 0.15) is 80.4 Å². The normalized spacial score (nSPS) is 11.2. The summed E-state index contributed by atoms with van der Waals surface area (Å²) in [6.45, 7) is 7.31. The molecule has 20 nitrogen and oxygen atoms in total. The molecule has 6 rings (SSSR count). The van der Waals surface area contributed by atoms with Gasteiger partial charge in [0.1, 0.15) is 23.6 Å². The largest absolute Gasteiger partial charge is 0.508 e. The number of anilines is 2. The molecule has 0 aliphatic heterocycles. The third kappa shape index (κ3) is 16.3. The lowest BCUT2D eigenvalue weighted by molar-refractivity contribution is -0.143. The number of thiophene rings is 2. The maximum absolute atomic E-state index is 13.0. The lowest BCUT2D eigenvalue weighted by atomic mass is 10.1. The number of hydrogen-bond acceptors (Lipinski definition) is 18. The van der Waals surface area contributed by atoms with Crippen LogP contribution >= 0.6 is 22.7 Å². The number of carbonyl (C=O) groups excluding carboxylic acids is 6. The van der Waals surface area contributed by atoms with Gasteiger partial charge in [-0.3, -0.25) is 19.2 Å². The van der Waals surface area contributed by atoms with E-state index in [1.165, 1.54) is 36.9 Å². The molecule has 0 spiro atoms. The van der Waals surface area contributed by atoms with Crippen LogP contribution in [0.5, 0.6) is 11.5 Å². The average molecular weight is 1020 g/mol. The van der Waals surface area contributed by atoms with Crippen molar-refractivity contribution in [2.24, 2.45) is 0 Å². The molecule has 8 N–H and O–H groups in total. The van der Waals surface area contributed by atoms with Gasteiger partial charge in [0.2, 0.25) is 11.9 Å². The second-order valence-corrected chi connectivity index (χ2v) is 17.5. The average Bonchev–Trinajstić information content (AvgIpc) is 4.12. The number of esters is 2. The van der Waals surface area contributed by atoms with E-state index in [-0.39, 0.29) is 54.1 Å². The second-order valence-electron chi connectivity index (χ2n) is 15.6. The van der Waals surface area contributed by atoms with Crippen LogP contribution in [-0.2, 0) is 25.5 Å². The maximum atomic E-state index is 13.0. The molecule has 0 aliphatic rings. The van der Waals surface area contributed by atoms with E-state index < -0.39 is 35.8 Å². The Labute approximate surface area is 423 Å². The molecule has 4 amide bonds. The van der Waals surface area contributed by atoms with Gasteiger partial charge in [-0.15, -0.1) is 22.7 Å². The topological polar surface area (TPSA) is 285 Å². The van der Waals surface area contributed by atoms with E-state index in [1.54, 1.807) is 99.1 Å². The molecule has 2 aromatic carbocycles. The highest BCUT2D eigenvalue weighted by Gasteiger charge is 2.27. The number of aryl methyl sites for hydroxylation is 5. The molecule has 0 saturated carbocycles. The first-order valence-corrected chi connectivity index (χ1v) is 24.0. The van der Waals surface area contributed by atoms with E-state index in [9.17, 15) is 39.0 Å². The van der Waals surface area contributed by atoms with E-state index >= 15 is 0 Å². The highest BCUT2D eigenvalue weighted by atomic mass is 32.1. The summed E-state index contributed by atoms with van der Waals surface area (Å²) in [5, 5.41) is 38.9. The number of nitrogens with zero attached hydrogens (tertiary/aromatic N) is 4. The first-order valence-electron chi connectivity index (χ1n) is 22.2. The molecule has 22 heteroatoms. The molecule has 0 saturated heterocycles. The van der Waals surface area contributed by atoms with Crippen LogP contribution in [0.15, 0.2) is 83.6 Å². The van der Waals surface area contributed by atoms with Crippen LogP contribution in [0.3, 0.4) is 0 Å². The maximum Gasteiger partial charge on any atom is 0.330 e. The quantitative estimate of drug-likeness (QED) is 0.0312. The number of ether oxygens (including phenoxy) is 2. The van der Waals surface area contributed by atoms with Crippen molar-refractivity contribution in [2.75, 3.05) is 51.0 Å². The highest BCUT2D eigenvalue weighted by Crippen LogP contribution is 2.17. The predicted octanol–water partition coefficient (Wildman–Crippen LogP) is 4.63. The predicted molar refractivity (Wildman–Crippen MR) is 271 cm³/mol. The molecule has 0 bridgehead atoms. The Morgan fingerprint density at radius 3 is 1.44 bits per heavy atom. The van der Waals surface area contributed by atoms with Crippen LogP contribution in [0.25, 0.3) is 0 Å². The van der Waals surface area contributed by atoms with Gasteiger partial charge in [-0.1, -0.05) is 36.1 Å². The molecule has 0 radical (unpaired) electrons. The van der Waals surface area contributed by atoms with Crippen molar-refractivity contribution in [2.45, 2.75) is 52.6 Å². The van der Waals surface area contributed by atoms with E-state index in [0.717, 1.165) is 24.0 Å². The van der Waals surface area contributed by atoms with Crippen LogP contribution in [-0.4, -0.2) is 118 Å². The van der Waals surface area contributed by atoms with Gasteiger partial charge in [0, 0.05) is 25.2 Å². The minimum atomic E-state index is -1.10. The fraction of sp³-hybridized carbons (Fsp3) is 0.280. The zero-order chi connectivity index (χ0) is 52.2. The van der Waals surface area contributed by atoms with Gasteiger partial charge in [-0.25, -0.2) is 29.5 Å². The van der Waals surface area contributed by atoms with Crippen molar-refractivity contribution in [3.05, 3.63) is 138 Å². The molecule has 4 heterocycles. The van der Waals surface area contributed by atoms with E-state index in [4.69, 9.17) is 9.47 Å². The van der Waals surface area contributed by atoms with E-state index in [0.29, 0.717) is 51.0 Å². The zero-order valence-corrected chi connectivity index (χ0v) is 41.9. The molecule has 0 fully saturated rings. The summed E-state index contributed by atoms with van der Waals surface area (Å²) >= 11 is 2.54. The number of nitrogens with one attached hydrogen (secondary N) is 6. The molecule has 72 heavy (non-hydrogen) atoms. The molecular weight excluding hydrogens is 965 g/mol. The zero-order valence-electron chi connectivity index (χ0n) is 40.2. The van der Waals surface area contributed by atoms with Crippen molar-refractivity contribution < 1.29 is 48.5 Å². The summed E-state index contributed by atoms with van der Waals surface area (Å²) < 4.78 is 9.56. The number of aromatic hydroxyl groups is 2. The van der Waals surface area contributed by atoms with Crippen molar-refractivity contribution in [1.29, 1.82) is 0 Å². The highest BCUT2D eigenvalue weighted by molar-refractivity contribution is 7.12. The van der Waals surface area contributed by atoms with Gasteiger partial charge < -0.3 is 51.6 Å². The molecule has 4 aromatic heterocycles. The summed E-state index contributed by atoms with van der Waals surface area (Å²) in [6, 6.07) is 18.2. The summed E-state index contributed by atoms with van der Waals surface area (Å²) in [7, 11) is 2.41. The van der Waals surface area contributed by atoms with Gasteiger partial charge in [0.05, 0.1) is 64.4 Å². The smallest absolute Gasteiger partial charge is 0.330 e. The number of rotatable bonds is 19. The Morgan fingerprint density at radius 1 is 0.597 bits per heavy atom. The minimum absolute atomic E-state index is 0.130. The first-order chi connectivity index (χ1) is 34.6. The van der Waals surface area contributed by atoms with E-state index in [2.05, 4.69) is 63.7 Å². The van der Waals surface area contributed by atoms with Crippen molar-refractivity contribution in [3.63, 3.8) is 0 Å². The number of benzene rings is 2. The Bertz CT molecular complexity index is 2840. The number of aromatic nitrogens is 4. The van der Waals surface area contributed by atoms with Crippen molar-refractivity contribution in [1.82, 2.24) is 41.2 Å². The summed E-state index contributed by atoms with van der Waals surface area (Å²) in [6.07, 6.45) is 1.65. The Kier molecular flexibility index (Phi) is 20.5. The number of amides is 4. The molecule has 0 unspecified atom stereocenters. The SMILES string of the molecule is COC(=O)[C@H](CNC(=O)c1cccs1)NC(=O)c1c(C)nc(NCC#Cc2ccc(O)cc2)nc1C.COC(=O)[C@H](CNC(=O)c1cccs1)NC(=O)c1c(C)nc(NCCCc2ccc(O)cc2)nc1C. The van der Waals surface area contributed by atoms with Gasteiger partial charge in [0.15, 0.2) is 0 Å². The Balaban J connectivity index is 0.000000267. The Hall–Kier alpha value is -8.42. The van der Waals surface area contributed by atoms with Gasteiger partial charge in [-0.05, 0) is 105 Å². The molecule has 6 aromatic rings. The standard InChI is InChI=1S/C25H29N5O5S.C25H25N5O5S/c2*1-15-21(16(2)29-25(28-15)26-12-4-6-17-8-10-18(31)11-9-17)23(33)30-19(24(34)35-3)14-27-22(32)20-7-5-13-36-20/h5,7-11,13,19,31H,4,6,12,14H2,1-3H3,(H,27,32)(H,30,33)(H,26,28,29);5,7-11,13,19,31H,12,14H2,1-3H3,(H,27,32)(H,30,33)(H,26,28,29)/t2*19-/m00/s1. The van der Waals surface area contributed by atoms with Gasteiger partial charge in [0.25, 0.3) is 23.6 Å². The summed E-state index contributed by atoms with van der Waals surface area (Å²) in [5.74, 6) is 3.82. The number of phenolic OH excluding ortho intramolecular Hbond substituents is 2. The van der Waals surface area contributed by atoms with Crippen LogP contribution < -0.4 is 31.9 Å². The lowest BCUT2D eigenvalue weighted by Gasteiger charge is -2.18. The molecule has 0 aliphatic carbocycles. The summed E-state index contributed by atoms with van der Waals surface area (Å²) in [4.78, 5) is 93.3. The third-order valence-corrected chi connectivity index (χ3v) is 12.0. The van der Waals surface area contributed by atoms with Gasteiger partial charge >= 0.3 is 11.9 Å². The number of methoxy groups -OCH3 is 2. The third-order valence-electron chi connectivity index (χ3n) is 10.3. The number of phenols is 2. The van der Waals surface area contributed by atoms with Crippen molar-refractivity contribution >= 4 is 70.1 Å². The summed E-state index contributed by atoms with van der Waals surface area (Å²) in [5.41, 5.74) is 4.04. The molecule has 2 atom stereocenters. The first kappa shape index (κ1) is 54.5. The number of hydrogen-bond donors (Lipinski definition) is 8. The monoisotopic (exact) mass is 1020 g/mol. The fourth-order valence-electron chi connectivity index (χ4n) is 6.73. The van der Waals surface area contributed by atoms with Crippen LogP contribution in [0, 0.1) is 39.5 Å². The minimum Gasteiger partial charge on any atom is -0.508 e. The lowest BCUT2D eigenvalue weighted by Crippen LogP contribution is -2.49.